The molecule has 0 amide bonds. The number of nitrogens with one attached hydrogen (secondary N) is 1. The minimum Gasteiger partial charge on any atom is -0.381 e. The summed E-state index contributed by atoms with van der Waals surface area (Å²) in [6, 6.07) is 0.424. The Kier molecular flexibility index (Phi) is 5.79. The molecule has 3 nitrogen and oxygen atoms in total. The van der Waals surface area contributed by atoms with Crippen LogP contribution in [0, 0.1) is 12.8 Å². The van der Waals surface area contributed by atoms with E-state index in [0.717, 1.165) is 39.0 Å². The van der Waals surface area contributed by atoms with E-state index in [4.69, 9.17) is 9.72 Å². The van der Waals surface area contributed by atoms with Gasteiger partial charge in [-0.2, -0.15) is 0 Å². The molecule has 4 heteroatoms. The topological polar surface area (TPSA) is 34.2 Å². The second kappa shape index (κ2) is 7.36. The molecule has 1 aromatic heterocycles. The molecule has 1 N–H and O–H groups in total. The van der Waals surface area contributed by atoms with Crippen molar-refractivity contribution >= 4 is 11.3 Å². The first-order valence-electron chi connectivity index (χ1n) is 7.53. The Hall–Kier alpha value is -0.450. The lowest BCUT2D eigenvalue weighted by atomic mass is 9.92. The number of ether oxygens (including phenoxy) is 1. The van der Waals surface area contributed by atoms with Gasteiger partial charge in [0, 0.05) is 18.1 Å². The Morgan fingerprint density at radius 3 is 2.68 bits per heavy atom. The molecule has 0 bridgehead atoms. The normalized spacial score (nSPS) is 18.7. The molecule has 2 heterocycles. The fourth-order valence-corrected chi connectivity index (χ4v) is 3.90. The minimum absolute atomic E-state index is 0.424. The summed E-state index contributed by atoms with van der Waals surface area (Å²) >= 11 is 1.88. The first kappa shape index (κ1) is 14.9. The van der Waals surface area contributed by atoms with Crippen molar-refractivity contribution < 1.29 is 4.74 Å². The molecule has 0 aliphatic carbocycles. The molecule has 2 rings (SSSR count). The Bertz CT molecular complexity index is 385. The lowest BCUT2D eigenvalue weighted by molar-refractivity contribution is 0.0536. The standard InChI is InChI=1S/C15H26N2OS/c1-4-8-16-14(12-6-9-18-10-7-12)15-17-13(5-2)11(3)19-15/h12,14,16H,4-10H2,1-3H3. The highest BCUT2D eigenvalue weighted by Crippen LogP contribution is 2.33. The summed E-state index contributed by atoms with van der Waals surface area (Å²) in [7, 11) is 0. The lowest BCUT2D eigenvalue weighted by Gasteiger charge is -2.29. The quantitative estimate of drug-likeness (QED) is 0.867. The summed E-state index contributed by atoms with van der Waals surface area (Å²) in [5, 5.41) is 5.00. The van der Waals surface area contributed by atoms with Crippen LogP contribution in [0.5, 0.6) is 0 Å². The van der Waals surface area contributed by atoms with Gasteiger partial charge in [0.1, 0.15) is 5.01 Å². The second-order valence-corrected chi connectivity index (χ2v) is 6.52. The molecular formula is C15H26N2OS. The van der Waals surface area contributed by atoms with Gasteiger partial charge in [-0.15, -0.1) is 11.3 Å². The maximum absolute atomic E-state index is 5.50. The molecular weight excluding hydrogens is 256 g/mol. The highest BCUT2D eigenvalue weighted by molar-refractivity contribution is 7.11. The summed E-state index contributed by atoms with van der Waals surface area (Å²) in [5.74, 6) is 0.676. The largest absolute Gasteiger partial charge is 0.381 e. The van der Waals surface area contributed by atoms with E-state index in [0.29, 0.717) is 12.0 Å². The van der Waals surface area contributed by atoms with Crippen molar-refractivity contribution in [2.75, 3.05) is 19.8 Å². The molecule has 1 aliphatic heterocycles. The van der Waals surface area contributed by atoms with Crippen molar-refractivity contribution in [1.29, 1.82) is 0 Å². The number of hydrogen-bond acceptors (Lipinski definition) is 4. The maximum atomic E-state index is 5.50. The van der Waals surface area contributed by atoms with Gasteiger partial charge >= 0.3 is 0 Å². The van der Waals surface area contributed by atoms with E-state index in [2.05, 4.69) is 26.1 Å². The van der Waals surface area contributed by atoms with Crippen LogP contribution < -0.4 is 5.32 Å². The number of aryl methyl sites for hydroxylation is 2. The van der Waals surface area contributed by atoms with E-state index in [-0.39, 0.29) is 0 Å². The fourth-order valence-electron chi connectivity index (χ4n) is 2.72. The van der Waals surface area contributed by atoms with Crippen molar-refractivity contribution in [1.82, 2.24) is 10.3 Å². The van der Waals surface area contributed by atoms with Crippen molar-refractivity contribution in [3.63, 3.8) is 0 Å². The smallest absolute Gasteiger partial charge is 0.110 e. The molecule has 0 radical (unpaired) electrons. The summed E-state index contributed by atoms with van der Waals surface area (Å²) in [4.78, 5) is 6.25. The van der Waals surface area contributed by atoms with Crippen LogP contribution >= 0.6 is 11.3 Å². The van der Waals surface area contributed by atoms with Gasteiger partial charge in [0.25, 0.3) is 0 Å². The van der Waals surface area contributed by atoms with Gasteiger partial charge in [-0.25, -0.2) is 4.98 Å². The molecule has 19 heavy (non-hydrogen) atoms. The zero-order valence-electron chi connectivity index (χ0n) is 12.4. The van der Waals surface area contributed by atoms with Gasteiger partial charge in [0.2, 0.25) is 0 Å². The molecule has 108 valence electrons. The van der Waals surface area contributed by atoms with Crippen LogP contribution in [0.4, 0.5) is 0 Å². The van der Waals surface area contributed by atoms with Crippen LogP contribution in [0.3, 0.4) is 0 Å². The Morgan fingerprint density at radius 1 is 1.37 bits per heavy atom. The Morgan fingerprint density at radius 2 is 2.11 bits per heavy atom. The summed E-state index contributed by atoms with van der Waals surface area (Å²) in [6.07, 6.45) is 4.52. The Labute approximate surface area is 120 Å². The fraction of sp³-hybridized carbons (Fsp3) is 0.800. The van der Waals surface area contributed by atoms with Crippen molar-refractivity contribution in [3.8, 4) is 0 Å². The zero-order valence-corrected chi connectivity index (χ0v) is 13.2. The third-order valence-corrected chi connectivity index (χ3v) is 4.96. The van der Waals surface area contributed by atoms with Crippen molar-refractivity contribution in [3.05, 3.63) is 15.6 Å². The van der Waals surface area contributed by atoms with Crippen molar-refractivity contribution in [2.24, 2.45) is 5.92 Å². The van der Waals surface area contributed by atoms with Gasteiger partial charge in [0.05, 0.1) is 11.7 Å². The number of hydrogen-bond donors (Lipinski definition) is 1. The van der Waals surface area contributed by atoms with E-state index in [1.165, 1.54) is 22.0 Å². The van der Waals surface area contributed by atoms with Gasteiger partial charge in [0.15, 0.2) is 0 Å². The monoisotopic (exact) mass is 282 g/mol. The van der Waals surface area contributed by atoms with Gasteiger partial charge in [-0.3, -0.25) is 0 Å². The van der Waals surface area contributed by atoms with Crippen LogP contribution in [0.25, 0.3) is 0 Å². The first-order valence-corrected chi connectivity index (χ1v) is 8.35. The molecule has 0 spiro atoms. The Balaban J connectivity index is 2.14. The molecule has 0 saturated carbocycles. The third kappa shape index (κ3) is 3.77. The van der Waals surface area contributed by atoms with Crippen LogP contribution in [0.1, 0.15) is 54.7 Å². The highest BCUT2D eigenvalue weighted by atomic mass is 32.1. The third-order valence-electron chi connectivity index (χ3n) is 3.86. The molecule has 1 atom stereocenters. The number of rotatable bonds is 6. The molecule has 1 unspecified atom stereocenters. The van der Waals surface area contributed by atoms with Crippen LogP contribution in [0.15, 0.2) is 0 Å². The maximum Gasteiger partial charge on any atom is 0.110 e. The number of aromatic nitrogens is 1. The summed E-state index contributed by atoms with van der Waals surface area (Å²) < 4.78 is 5.50. The summed E-state index contributed by atoms with van der Waals surface area (Å²) in [5.41, 5.74) is 1.27. The van der Waals surface area contributed by atoms with Gasteiger partial charge < -0.3 is 10.1 Å². The number of thiazole rings is 1. The first-order chi connectivity index (χ1) is 9.26. The molecule has 1 aliphatic rings. The van der Waals surface area contributed by atoms with E-state index < -0.39 is 0 Å². The van der Waals surface area contributed by atoms with E-state index in [9.17, 15) is 0 Å². The average molecular weight is 282 g/mol. The van der Waals surface area contributed by atoms with E-state index in [1.807, 2.05) is 11.3 Å². The highest BCUT2D eigenvalue weighted by Gasteiger charge is 2.27. The van der Waals surface area contributed by atoms with Crippen LogP contribution in [-0.4, -0.2) is 24.7 Å². The molecule has 1 saturated heterocycles. The molecule has 1 fully saturated rings. The van der Waals surface area contributed by atoms with Crippen LogP contribution in [-0.2, 0) is 11.2 Å². The predicted octanol–water partition coefficient (Wildman–Crippen LogP) is 3.48. The number of nitrogens with zero attached hydrogens (tertiary/aromatic N) is 1. The van der Waals surface area contributed by atoms with Gasteiger partial charge in [-0.1, -0.05) is 13.8 Å². The second-order valence-electron chi connectivity index (χ2n) is 5.29. The molecule has 0 aromatic carbocycles. The lowest BCUT2D eigenvalue weighted by Crippen LogP contribution is -2.32. The van der Waals surface area contributed by atoms with E-state index >= 15 is 0 Å². The SMILES string of the molecule is CCCNC(c1nc(CC)c(C)s1)C1CCOCC1. The zero-order chi connectivity index (χ0) is 13.7. The molecule has 1 aromatic rings. The van der Waals surface area contributed by atoms with Gasteiger partial charge in [-0.05, 0) is 45.1 Å². The van der Waals surface area contributed by atoms with Crippen LogP contribution in [0.2, 0.25) is 0 Å². The summed E-state index contributed by atoms with van der Waals surface area (Å²) in [6.45, 7) is 9.48. The average Bonchev–Trinajstić information content (AvgIpc) is 2.81. The predicted molar refractivity (Wildman–Crippen MR) is 80.8 cm³/mol. The van der Waals surface area contributed by atoms with E-state index in [1.54, 1.807) is 0 Å². The van der Waals surface area contributed by atoms with Crippen molar-refractivity contribution in [2.45, 2.75) is 52.5 Å². The minimum atomic E-state index is 0.424.